The zero-order chi connectivity index (χ0) is 16.2. The molecule has 0 saturated heterocycles. The van der Waals surface area contributed by atoms with Crippen molar-refractivity contribution >= 4 is 16.0 Å². The SMILES string of the molecule is C#CCN(CC(=O)O)S(=O)(=O)c1c(C)cc(OC)cc1C. The molecule has 0 aromatic heterocycles. The van der Waals surface area contributed by atoms with Crippen LogP contribution in [-0.2, 0) is 14.8 Å². The number of methoxy groups -OCH3 is 1. The minimum atomic E-state index is -3.99. The lowest BCUT2D eigenvalue weighted by Gasteiger charge is -2.21. The maximum atomic E-state index is 12.6. The van der Waals surface area contributed by atoms with E-state index in [0.717, 1.165) is 4.31 Å². The lowest BCUT2D eigenvalue weighted by atomic mass is 10.1. The lowest BCUT2D eigenvalue weighted by Crippen LogP contribution is -2.36. The van der Waals surface area contributed by atoms with Crippen molar-refractivity contribution in [1.29, 1.82) is 0 Å². The van der Waals surface area contributed by atoms with Crippen molar-refractivity contribution in [2.45, 2.75) is 18.7 Å². The zero-order valence-electron chi connectivity index (χ0n) is 12.1. The highest BCUT2D eigenvalue weighted by Gasteiger charge is 2.29. The number of carboxylic acid groups (broad SMARTS) is 1. The first kappa shape index (κ1) is 17.0. The normalized spacial score (nSPS) is 11.2. The van der Waals surface area contributed by atoms with E-state index in [2.05, 4.69) is 5.92 Å². The number of hydrogen-bond donors (Lipinski definition) is 1. The van der Waals surface area contributed by atoms with Crippen LogP contribution in [0.5, 0.6) is 5.75 Å². The number of benzene rings is 1. The molecule has 21 heavy (non-hydrogen) atoms. The van der Waals surface area contributed by atoms with Crippen molar-refractivity contribution in [2.24, 2.45) is 0 Å². The van der Waals surface area contributed by atoms with Crippen LogP contribution in [0, 0.1) is 26.2 Å². The maximum Gasteiger partial charge on any atom is 0.318 e. The van der Waals surface area contributed by atoms with Gasteiger partial charge in [0.25, 0.3) is 0 Å². The fourth-order valence-electron chi connectivity index (χ4n) is 2.04. The summed E-state index contributed by atoms with van der Waals surface area (Å²) in [6.07, 6.45) is 5.13. The Morgan fingerprint density at radius 3 is 2.29 bits per heavy atom. The van der Waals surface area contributed by atoms with E-state index in [1.165, 1.54) is 7.11 Å². The Labute approximate surface area is 124 Å². The summed E-state index contributed by atoms with van der Waals surface area (Å²) in [5.41, 5.74) is 0.943. The standard InChI is InChI=1S/C14H17NO5S/c1-5-6-15(9-13(16)17)21(18,19)14-10(2)7-12(20-4)8-11(14)3/h1,7-8H,6,9H2,2-4H3,(H,16,17). The Hall–Kier alpha value is -2.04. The second kappa shape index (κ2) is 6.61. The quantitative estimate of drug-likeness (QED) is 0.793. The smallest absolute Gasteiger partial charge is 0.318 e. The average molecular weight is 311 g/mol. The van der Waals surface area contributed by atoms with Crippen LogP contribution in [0.3, 0.4) is 0 Å². The second-order valence-electron chi connectivity index (χ2n) is 4.46. The molecule has 0 aliphatic carbocycles. The summed E-state index contributed by atoms with van der Waals surface area (Å²) in [6, 6.07) is 3.16. The highest BCUT2D eigenvalue weighted by molar-refractivity contribution is 7.89. The van der Waals surface area contributed by atoms with Gasteiger partial charge < -0.3 is 9.84 Å². The molecule has 6 nitrogen and oxygen atoms in total. The largest absolute Gasteiger partial charge is 0.497 e. The van der Waals surface area contributed by atoms with Gasteiger partial charge in [0.1, 0.15) is 12.3 Å². The van der Waals surface area contributed by atoms with Crippen LogP contribution in [0.2, 0.25) is 0 Å². The molecule has 0 fully saturated rings. The monoisotopic (exact) mass is 311 g/mol. The van der Waals surface area contributed by atoms with Crippen molar-refractivity contribution in [3.8, 4) is 18.1 Å². The number of aliphatic carboxylic acids is 1. The van der Waals surface area contributed by atoms with Gasteiger partial charge in [-0.25, -0.2) is 8.42 Å². The Bertz CT molecular complexity index is 665. The van der Waals surface area contributed by atoms with Gasteiger partial charge in [-0.15, -0.1) is 6.42 Å². The second-order valence-corrected chi connectivity index (χ2v) is 6.34. The highest BCUT2D eigenvalue weighted by atomic mass is 32.2. The Morgan fingerprint density at radius 2 is 1.90 bits per heavy atom. The summed E-state index contributed by atoms with van der Waals surface area (Å²) in [4.78, 5) is 10.9. The summed E-state index contributed by atoms with van der Waals surface area (Å²) in [7, 11) is -2.51. The Morgan fingerprint density at radius 1 is 1.38 bits per heavy atom. The molecule has 0 amide bonds. The molecule has 0 radical (unpaired) electrons. The van der Waals surface area contributed by atoms with E-state index in [-0.39, 0.29) is 11.4 Å². The number of carboxylic acids is 1. The third kappa shape index (κ3) is 3.74. The van der Waals surface area contributed by atoms with Gasteiger partial charge in [-0.05, 0) is 37.1 Å². The summed E-state index contributed by atoms with van der Waals surface area (Å²) >= 11 is 0. The number of carbonyl (C=O) groups is 1. The molecule has 0 heterocycles. The number of aryl methyl sites for hydroxylation is 2. The van der Waals surface area contributed by atoms with Gasteiger partial charge >= 0.3 is 5.97 Å². The highest BCUT2D eigenvalue weighted by Crippen LogP contribution is 2.28. The molecule has 0 aliphatic heterocycles. The third-order valence-corrected chi connectivity index (χ3v) is 4.94. The van der Waals surface area contributed by atoms with Crippen molar-refractivity contribution in [2.75, 3.05) is 20.2 Å². The van der Waals surface area contributed by atoms with E-state index in [1.807, 2.05) is 0 Å². The molecule has 7 heteroatoms. The predicted molar refractivity (Wildman–Crippen MR) is 77.7 cm³/mol. The van der Waals surface area contributed by atoms with Gasteiger partial charge in [-0.3, -0.25) is 4.79 Å². The fraction of sp³-hybridized carbons (Fsp3) is 0.357. The van der Waals surface area contributed by atoms with E-state index in [1.54, 1.807) is 26.0 Å². The van der Waals surface area contributed by atoms with Gasteiger partial charge in [0.15, 0.2) is 0 Å². The Balaban J connectivity index is 3.41. The van der Waals surface area contributed by atoms with Crippen LogP contribution in [0.1, 0.15) is 11.1 Å². The van der Waals surface area contributed by atoms with E-state index >= 15 is 0 Å². The molecule has 0 unspecified atom stereocenters. The van der Waals surface area contributed by atoms with Gasteiger partial charge in [0.2, 0.25) is 10.0 Å². The zero-order valence-corrected chi connectivity index (χ0v) is 12.9. The van der Waals surface area contributed by atoms with Crippen molar-refractivity contribution in [3.05, 3.63) is 23.3 Å². The summed E-state index contributed by atoms with van der Waals surface area (Å²) in [5, 5.41) is 8.85. The van der Waals surface area contributed by atoms with Crippen LogP contribution in [0.4, 0.5) is 0 Å². The Kier molecular flexibility index (Phi) is 5.35. The van der Waals surface area contributed by atoms with Crippen LogP contribution in [0.25, 0.3) is 0 Å². The lowest BCUT2D eigenvalue weighted by molar-refractivity contribution is -0.137. The molecule has 1 rings (SSSR count). The van der Waals surface area contributed by atoms with Crippen LogP contribution in [-0.4, -0.2) is 44.0 Å². The molecule has 0 atom stereocenters. The first-order chi connectivity index (χ1) is 9.73. The summed E-state index contributed by atoms with van der Waals surface area (Å²) in [6.45, 7) is 2.26. The van der Waals surface area contributed by atoms with Crippen LogP contribution in [0.15, 0.2) is 17.0 Å². The first-order valence-electron chi connectivity index (χ1n) is 6.04. The summed E-state index contributed by atoms with van der Waals surface area (Å²) < 4.78 is 31.1. The van der Waals surface area contributed by atoms with Crippen molar-refractivity contribution in [1.82, 2.24) is 4.31 Å². The number of ether oxygens (including phenoxy) is 1. The molecular weight excluding hydrogens is 294 g/mol. The van der Waals surface area contributed by atoms with Gasteiger partial charge in [-0.2, -0.15) is 4.31 Å². The van der Waals surface area contributed by atoms with Crippen LogP contribution < -0.4 is 4.74 Å². The maximum absolute atomic E-state index is 12.6. The molecule has 0 spiro atoms. The third-order valence-electron chi connectivity index (χ3n) is 2.85. The number of terminal acetylenes is 1. The molecule has 1 aromatic rings. The summed E-state index contributed by atoms with van der Waals surface area (Å²) in [5.74, 6) is 1.44. The average Bonchev–Trinajstić information content (AvgIpc) is 2.36. The van der Waals surface area contributed by atoms with E-state index < -0.39 is 22.5 Å². The van der Waals surface area contributed by atoms with Crippen molar-refractivity contribution < 1.29 is 23.1 Å². The molecular formula is C14H17NO5S. The van der Waals surface area contributed by atoms with E-state index in [4.69, 9.17) is 16.3 Å². The number of rotatable bonds is 6. The minimum Gasteiger partial charge on any atom is -0.497 e. The molecule has 114 valence electrons. The molecule has 0 bridgehead atoms. The molecule has 0 aliphatic rings. The topological polar surface area (TPSA) is 83.9 Å². The number of nitrogens with zero attached hydrogens (tertiary/aromatic N) is 1. The van der Waals surface area contributed by atoms with E-state index in [9.17, 15) is 13.2 Å². The fourth-order valence-corrected chi connectivity index (χ4v) is 3.76. The minimum absolute atomic E-state index is 0.0554. The number of hydrogen-bond acceptors (Lipinski definition) is 4. The van der Waals surface area contributed by atoms with Crippen LogP contribution >= 0.6 is 0 Å². The van der Waals surface area contributed by atoms with Gasteiger partial charge in [-0.1, -0.05) is 5.92 Å². The first-order valence-corrected chi connectivity index (χ1v) is 7.48. The molecule has 1 aromatic carbocycles. The van der Waals surface area contributed by atoms with Gasteiger partial charge in [0.05, 0.1) is 18.6 Å². The van der Waals surface area contributed by atoms with E-state index in [0.29, 0.717) is 16.9 Å². The predicted octanol–water partition coefficient (Wildman–Crippen LogP) is 1.02. The molecule has 1 N–H and O–H groups in total. The molecule has 0 saturated carbocycles. The van der Waals surface area contributed by atoms with Gasteiger partial charge in [0, 0.05) is 0 Å². The number of sulfonamides is 1. The van der Waals surface area contributed by atoms with Crippen molar-refractivity contribution in [3.63, 3.8) is 0 Å².